The summed E-state index contributed by atoms with van der Waals surface area (Å²) in [4.78, 5) is 23.6. The lowest BCUT2D eigenvalue weighted by Gasteiger charge is -2.12. The number of carbonyl (C=O) groups excluding carboxylic acids is 1. The minimum atomic E-state index is -1.22. The number of carboxylic acid groups (broad SMARTS) is 1. The lowest BCUT2D eigenvalue weighted by molar-refractivity contribution is 0.0634. The molecular formula is C16H11BrO4. The van der Waals surface area contributed by atoms with E-state index in [0.29, 0.717) is 20.8 Å². The second kappa shape index (κ2) is 5.93. The van der Waals surface area contributed by atoms with Gasteiger partial charge in [-0.2, -0.15) is 0 Å². The molecular weight excluding hydrogens is 336 g/mol. The normalized spacial score (nSPS) is 10.1. The number of benzene rings is 2. The lowest BCUT2D eigenvalue weighted by Crippen LogP contribution is -2.11. The number of halogens is 1. The minimum Gasteiger partial charge on any atom is -0.478 e. The Morgan fingerprint density at radius 2 is 2.00 bits per heavy atom. The molecule has 0 aliphatic rings. The van der Waals surface area contributed by atoms with Crippen molar-refractivity contribution in [2.24, 2.45) is 0 Å². The van der Waals surface area contributed by atoms with Crippen LogP contribution in [0.15, 0.2) is 48.2 Å². The van der Waals surface area contributed by atoms with Crippen molar-refractivity contribution < 1.29 is 19.4 Å². The summed E-state index contributed by atoms with van der Waals surface area (Å²) in [5.41, 5.74) is 0.485. The fourth-order valence-corrected chi connectivity index (χ4v) is 2.70. The molecule has 0 spiro atoms. The van der Waals surface area contributed by atoms with E-state index < -0.39 is 11.9 Å². The van der Waals surface area contributed by atoms with E-state index in [0.717, 1.165) is 6.26 Å². The van der Waals surface area contributed by atoms with Gasteiger partial charge in [-0.05, 0) is 17.0 Å². The SMILES string of the molecule is C=COC(=O)c1c(C(=O)O)cc(Br)c2cccc(C=C)c12. The Labute approximate surface area is 129 Å². The zero-order chi connectivity index (χ0) is 15.6. The van der Waals surface area contributed by atoms with Gasteiger partial charge in [0.2, 0.25) is 0 Å². The third kappa shape index (κ3) is 2.60. The Morgan fingerprint density at radius 1 is 1.29 bits per heavy atom. The highest BCUT2D eigenvalue weighted by atomic mass is 79.9. The maximum Gasteiger partial charge on any atom is 0.344 e. The van der Waals surface area contributed by atoms with Crippen LogP contribution in [-0.2, 0) is 4.74 Å². The van der Waals surface area contributed by atoms with Crippen LogP contribution in [0.1, 0.15) is 26.3 Å². The van der Waals surface area contributed by atoms with Gasteiger partial charge in [0.25, 0.3) is 0 Å². The maximum absolute atomic E-state index is 12.2. The first-order chi connectivity index (χ1) is 10.0. The summed E-state index contributed by atoms with van der Waals surface area (Å²) in [6.45, 7) is 7.02. The number of aromatic carboxylic acids is 1. The molecule has 0 bridgehead atoms. The molecule has 0 saturated heterocycles. The number of fused-ring (bicyclic) bond motifs is 1. The summed E-state index contributed by atoms with van der Waals surface area (Å²) in [5, 5.41) is 10.5. The first kappa shape index (κ1) is 15.0. The Balaban J connectivity index is 3.01. The topological polar surface area (TPSA) is 63.6 Å². The average Bonchev–Trinajstić information content (AvgIpc) is 2.46. The summed E-state index contributed by atoms with van der Waals surface area (Å²) in [5.74, 6) is -1.98. The molecule has 0 fully saturated rings. The summed E-state index contributed by atoms with van der Waals surface area (Å²) in [7, 11) is 0. The van der Waals surface area contributed by atoms with Crippen LogP contribution < -0.4 is 0 Å². The highest BCUT2D eigenvalue weighted by molar-refractivity contribution is 9.10. The van der Waals surface area contributed by atoms with Gasteiger partial charge >= 0.3 is 11.9 Å². The number of carbonyl (C=O) groups is 2. The predicted octanol–water partition coefficient (Wildman–Crippen LogP) is 4.24. The van der Waals surface area contributed by atoms with Gasteiger partial charge in [0.15, 0.2) is 0 Å². The molecule has 0 atom stereocenters. The molecule has 2 aromatic rings. The molecule has 0 heterocycles. The second-order valence-electron chi connectivity index (χ2n) is 4.13. The molecule has 0 unspecified atom stereocenters. The molecule has 2 aromatic carbocycles. The Bertz CT molecular complexity index is 777. The first-order valence-corrected chi connectivity index (χ1v) is 6.73. The van der Waals surface area contributed by atoms with Crippen molar-refractivity contribution in [3.63, 3.8) is 0 Å². The molecule has 0 amide bonds. The summed E-state index contributed by atoms with van der Waals surface area (Å²) in [6.07, 6.45) is 2.53. The number of hydrogen-bond donors (Lipinski definition) is 1. The number of esters is 1. The van der Waals surface area contributed by atoms with Crippen LogP contribution in [0.4, 0.5) is 0 Å². The molecule has 1 N–H and O–H groups in total. The number of ether oxygens (including phenoxy) is 1. The molecule has 0 aliphatic heterocycles. The highest BCUT2D eigenvalue weighted by Gasteiger charge is 2.23. The monoisotopic (exact) mass is 346 g/mol. The fourth-order valence-electron chi connectivity index (χ4n) is 2.14. The van der Waals surface area contributed by atoms with Crippen LogP contribution in [0.25, 0.3) is 16.8 Å². The molecule has 2 rings (SSSR count). The van der Waals surface area contributed by atoms with Crippen LogP contribution in [-0.4, -0.2) is 17.0 Å². The molecule has 4 nitrogen and oxygen atoms in total. The van der Waals surface area contributed by atoms with Crippen LogP contribution >= 0.6 is 15.9 Å². The Hall–Kier alpha value is -2.40. The van der Waals surface area contributed by atoms with Crippen molar-refractivity contribution in [2.75, 3.05) is 0 Å². The molecule has 0 aliphatic carbocycles. The van der Waals surface area contributed by atoms with E-state index in [4.69, 9.17) is 4.74 Å². The van der Waals surface area contributed by atoms with Crippen LogP contribution in [0, 0.1) is 0 Å². The van der Waals surface area contributed by atoms with Gasteiger partial charge in [-0.25, -0.2) is 9.59 Å². The van der Waals surface area contributed by atoms with Gasteiger partial charge in [-0.3, -0.25) is 0 Å². The van der Waals surface area contributed by atoms with Gasteiger partial charge < -0.3 is 9.84 Å². The zero-order valence-electron chi connectivity index (χ0n) is 10.9. The highest BCUT2D eigenvalue weighted by Crippen LogP contribution is 2.33. The fraction of sp³-hybridized carbons (Fsp3) is 0. The van der Waals surface area contributed by atoms with Crippen LogP contribution in [0.5, 0.6) is 0 Å². The van der Waals surface area contributed by atoms with Crippen molar-refractivity contribution >= 4 is 44.7 Å². The zero-order valence-corrected chi connectivity index (χ0v) is 12.5. The van der Waals surface area contributed by atoms with Crippen molar-refractivity contribution in [2.45, 2.75) is 0 Å². The van der Waals surface area contributed by atoms with Crippen molar-refractivity contribution in [3.05, 3.63) is 64.8 Å². The van der Waals surface area contributed by atoms with Gasteiger partial charge in [0, 0.05) is 9.86 Å². The van der Waals surface area contributed by atoms with Crippen LogP contribution in [0.3, 0.4) is 0 Å². The van der Waals surface area contributed by atoms with Gasteiger partial charge in [0.1, 0.15) is 0 Å². The number of rotatable bonds is 4. The molecule has 0 aromatic heterocycles. The van der Waals surface area contributed by atoms with E-state index in [1.54, 1.807) is 24.3 Å². The van der Waals surface area contributed by atoms with Gasteiger partial charge in [-0.1, -0.05) is 53.4 Å². The van der Waals surface area contributed by atoms with Crippen molar-refractivity contribution in [1.29, 1.82) is 0 Å². The van der Waals surface area contributed by atoms with E-state index in [1.807, 2.05) is 0 Å². The molecule has 0 saturated carbocycles. The minimum absolute atomic E-state index is 0.0175. The quantitative estimate of drug-likeness (QED) is 0.664. The van der Waals surface area contributed by atoms with Gasteiger partial charge in [0.05, 0.1) is 17.4 Å². The summed E-state index contributed by atoms with van der Waals surface area (Å²) >= 11 is 3.33. The van der Waals surface area contributed by atoms with Crippen molar-refractivity contribution in [1.82, 2.24) is 0 Å². The van der Waals surface area contributed by atoms with E-state index >= 15 is 0 Å². The lowest BCUT2D eigenvalue weighted by atomic mass is 9.95. The standard InChI is InChI=1S/C16H11BrO4/c1-3-9-6-5-7-10-12(17)8-11(15(18)19)14(13(9)10)16(20)21-4-2/h3-8H,1-2H2,(H,18,19). The Morgan fingerprint density at radius 3 is 2.57 bits per heavy atom. The molecule has 21 heavy (non-hydrogen) atoms. The van der Waals surface area contributed by atoms with E-state index in [1.165, 1.54) is 6.07 Å². The summed E-state index contributed by atoms with van der Waals surface area (Å²) < 4.78 is 5.36. The largest absolute Gasteiger partial charge is 0.478 e. The number of hydrogen-bond acceptors (Lipinski definition) is 3. The average molecular weight is 347 g/mol. The molecule has 106 valence electrons. The summed E-state index contributed by atoms with van der Waals surface area (Å²) in [6, 6.07) is 6.71. The van der Waals surface area contributed by atoms with E-state index in [9.17, 15) is 14.7 Å². The van der Waals surface area contributed by atoms with Crippen LogP contribution in [0.2, 0.25) is 0 Å². The smallest absolute Gasteiger partial charge is 0.344 e. The second-order valence-corrected chi connectivity index (χ2v) is 4.99. The van der Waals surface area contributed by atoms with Gasteiger partial charge in [-0.15, -0.1) is 0 Å². The third-order valence-corrected chi connectivity index (χ3v) is 3.65. The Kier molecular flexibility index (Phi) is 4.23. The molecule has 0 radical (unpaired) electrons. The molecule has 5 heteroatoms. The maximum atomic E-state index is 12.2. The number of carboxylic acids is 1. The van der Waals surface area contributed by atoms with Crippen molar-refractivity contribution in [3.8, 4) is 0 Å². The predicted molar refractivity (Wildman–Crippen MR) is 84.3 cm³/mol. The van der Waals surface area contributed by atoms with E-state index in [2.05, 4.69) is 29.1 Å². The first-order valence-electron chi connectivity index (χ1n) is 5.94. The third-order valence-electron chi connectivity index (χ3n) is 2.99. The van der Waals surface area contributed by atoms with E-state index in [-0.39, 0.29) is 11.1 Å².